The van der Waals surface area contributed by atoms with Crippen molar-refractivity contribution in [1.29, 1.82) is 0 Å². The molecule has 0 radical (unpaired) electrons. The fourth-order valence-corrected chi connectivity index (χ4v) is 1.62. The second-order valence-corrected chi connectivity index (χ2v) is 4.35. The molecule has 116 valence electrons. The lowest BCUT2D eigenvalue weighted by molar-refractivity contribution is 0.0686. The molecule has 0 fully saturated rings. The zero-order valence-corrected chi connectivity index (χ0v) is 12.2. The summed E-state index contributed by atoms with van der Waals surface area (Å²) in [4.78, 5) is 26.7. The minimum absolute atomic E-state index is 0.0955. The van der Waals surface area contributed by atoms with Crippen LogP contribution in [0.15, 0.2) is 12.1 Å². The van der Waals surface area contributed by atoms with Gasteiger partial charge in [-0.3, -0.25) is 4.79 Å². The largest absolute Gasteiger partial charge is 0.478 e. The maximum Gasteiger partial charge on any atom is 0.337 e. The second-order valence-electron chi connectivity index (χ2n) is 4.35. The summed E-state index contributed by atoms with van der Waals surface area (Å²) in [5.74, 6) is -1.38. The van der Waals surface area contributed by atoms with Gasteiger partial charge in [0.15, 0.2) is 0 Å². The highest BCUT2D eigenvalue weighted by Crippen LogP contribution is 2.06. The molecule has 0 unspecified atom stereocenters. The molecule has 0 aliphatic heterocycles. The van der Waals surface area contributed by atoms with Crippen LogP contribution in [-0.2, 0) is 9.47 Å². The Morgan fingerprint density at radius 2 is 2.05 bits per heavy atom. The summed E-state index contributed by atoms with van der Waals surface area (Å²) in [6.45, 7) is 3.64. The van der Waals surface area contributed by atoms with Crippen molar-refractivity contribution in [3.8, 4) is 0 Å². The lowest BCUT2D eigenvalue weighted by Crippen LogP contribution is -2.26. The van der Waals surface area contributed by atoms with E-state index >= 15 is 0 Å². The Labute approximate surface area is 123 Å². The summed E-state index contributed by atoms with van der Waals surface area (Å²) in [6, 6.07) is 2.79. The Kier molecular flexibility index (Phi) is 7.34. The van der Waals surface area contributed by atoms with E-state index in [0.29, 0.717) is 38.5 Å². The first-order chi connectivity index (χ1) is 10.1. The fraction of sp³-hybridized carbons (Fsp3) is 0.500. The molecular weight excluding hydrogens is 276 g/mol. The quantitative estimate of drug-likeness (QED) is 0.656. The van der Waals surface area contributed by atoms with Crippen LogP contribution in [0.5, 0.6) is 0 Å². The van der Waals surface area contributed by atoms with Gasteiger partial charge in [0.2, 0.25) is 0 Å². The lowest BCUT2D eigenvalue weighted by atomic mass is 10.2. The molecule has 1 rings (SSSR count). The maximum absolute atomic E-state index is 11.8. The van der Waals surface area contributed by atoms with Crippen molar-refractivity contribution in [2.45, 2.75) is 13.3 Å². The van der Waals surface area contributed by atoms with E-state index in [1.165, 1.54) is 12.1 Å². The van der Waals surface area contributed by atoms with Gasteiger partial charge in [-0.2, -0.15) is 0 Å². The molecule has 0 aliphatic rings. The summed E-state index contributed by atoms with van der Waals surface area (Å²) in [7, 11) is 1.61. The van der Waals surface area contributed by atoms with E-state index < -0.39 is 5.97 Å². The van der Waals surface area contributed by atoms with Crippen LogP contribution in [0.2, 0.25) is 0 Å². The van der Waals surface area contributed by atoms with Crippen molar-refractivity contribution in [2.24, 2.45) is 0 Å². The SMILES string of the molecule is COCCOCCCNC(=O)c1ccc(C(=O)O)c(C)n1. The average Bonchev–Trinajstić information content (AvgIpc) is 2.45. The summed E-state index contributed by atoms with van der Waals surface area (Å²) >= 11 is 0. The number of nitrogens with zero attached hydrogens (tertiary/aromatic N) is 1. The van der Waals surface area contributed by atoms with Crippen LogP contribution in [-0.4, -0.2) is 55.4 Å². The minimum Gasteiger partial charge on any atom is -0.478 e. The molecule has 7 nitrogen and oxygen atoms in total. The number of hydrogen-bond acceptors (Lipinski definition) is 5. The van der Waals surface area contributed by atoms with Crippen molar-refractivity contribution < 1.29 is 24.2 Å². The van der Waals surface area contributed by atoms with E-state index in [0.717, 1.165) is 0 Å². The Morgan fingerprint density at radius 3 is 2.67 bits per heavy atom. The monoisotopic (exact) mass is 296 g/mol. The van der Waals surface area contributed by atoms with Gasteiger partial charge >= 0.3 is 5.97 Å². The van der Waals surface area contributed by atoms with Crippen LogP contribution in [0.3, 0.4) is 0 Å². The van der Waals surface area contributed by atoms with E-state index in [4.69, 9.17) is 14.6 Å². The smallest absolute Gasteiger partial charge is 0.337 e. The van der Waals surface area contributed by atoms with E-state index in [-0.39, 0.29) is 17.2 Å². The molecule has 0 atom stereocenters. The van der Waals surface area contributed by atoms with Crippen molar-refractivity contribution in [3.63, 3.8) is 0 Å². The van der Waals surface area contributed by atoms with Gasteiger partial charge in [0.1, 0.15) is 5.69 Å². The zero-order valence-electron chi connectivity index (χ0n) is 12.2. The number of methoxy groups -OCH3 is 1. The van der Waals surface area contributed by atoms with Crippen LogP contribution in [0.25, 0.3) is 0 Å². The van der Waals surface area contributed by atoms with Crippen molar-refractivity contribution in [3.05, 3.63) is 29.1 Å². The molecule has 0 aromatic carbocycles. The second kappa shape index (κ2) is 9.04. The van der Waals surface area contributed by atoms with Gasteiger partial charge in [0, 0.05) is 20.3 Å². The minimum atomic E-state index is -1.06. The number of aromatic nitrogens is 1. The van der Waals surface area contributed by atoms with E-state index in [2.05, 4.69) is 10.3 Å². The van der Waals surface area contributed by atoms with Gasteiger partial charge in [-0.15, -0.1) is 0 Å². The number of carbonyl (C=O) groups is 2. The van der Waals surface area contributed by atoms with Gasteiger partial charge in [0.05, 0.1) is 24.5 Å². The molecule has 0 saturated carbocycles. The van der Waals surface area contributed by atoms with Gasteiger partial charge in [-0.25, -0.2) is 9.78 Å². The van der Waals surface area contributed by atoms with Gasteiger partial charge in [-0.1, -0.05) is 0 Å². The summed E-state index contributed by atoms with van der Waals surface area (Å²) in [5.41, 5.74) is 0.619. The van der Waals surface area contributed by atoms with Crippen LogP contribution >= 0.6 is 0 Å². The van der Waals surface area contributed by atoms with Crippen LogP contribution in [0.1, 0.15) is 33.0 Å². The zero-order chi connectivity index (χ0) is 15.7. The van der Waals surface area contributed by atoms with Crippen molar-refractivity contribution in [2.75, 3.05) is 33.5 Å². The number of pyridine rings is 1. The molecule has 2 N–H and O–H groups in total. The number of carboxylic acid groups (broad SMARTS) is 1. The Morgan fingerprint density at radius 1 is 1.29 bits per heavy atom. The third-order valence-corrected chi connectivity index (χ3v) is 2.73. The standard InChI is InChI=1S/C14H20N2O5/c1-10-11(14(18)19)4-5-12(16-10)13(17)15-6-3-7-21-9-8-20-2/h4-5H,3,6-9H2,1-2H3,(H,15,17)(H,18,19). The number of aryl methyl sites for hydroxylation is 1. The highest BCUT2D eigenvalue weighted by molar-refractivity contribution is 5.94. The van der Waals surface area contributed by atoms with E-state index in [1.807, 2.05) is 0 Å². The third kappa shape index (κ3) is 5.88. The Balaban J connectivity index is 2.35. The lowest BCUT2D eigenvalue weighted by Gasteiger charge is -2.07. The summed E-state index contributed by atoms with van der Waals surface area (Å²) in [5, 5.41) is 11.6. The topological polar surface area (TPSA) is 97.8 Å². The number of ether oxygens (including phenoxy) is 2. The predicted octanol–water partition coefficient (Wildman–Crippen LogP) is 0.871. The number of hydrogen-bond donors (Lipinski definition) is 2. The molecule has 1 aromatic rings. The first kappa shape index (κ1) is 17.1. The maximum atomic E-state index is 11.8. The molecule has 1 heterocycles. The molecule has 0 bridgehead atoms. The first-order valence-corrected chi connectivity index (χ1v) is 6.62. The van der Waals surface area contributed by atoms with Gasteiger partial charge in [0.25, 0.3) is 5.91 Å². The predicted molar refractivity (Wildman–Crippen MR) is 75.6 cm³/mol. The molecule has 7 heteroatoms. The van der Waals surface area contributed by atoms with Crippen LogP contribution in [0.4, 0.5) is 0 Å². The Hall–Kier alpha value is -1.99. The molecule has 0 spiro atoms. The van der Waals surface area contributed by atoms with E-state index in [1.54, 1.807) is 14.0 Å². The van der Waals surface area contributed by atoms with Crippen molar-refractivity contribution in [1.82, 2.24) is 10.3 Å². The number of aromatic carboxylic acids is 1. The highest BCUT2D eigenvalue weighted by Gasteiger charge is 2.12. The normalized spacial score (nSPS) is 10.4. The molecule has 1 amide bonds. The van der Waals surface area contributed by atoms with Gasteiger partial charge < -0.3 is 19.9 Å². The molecule has 0 aliphatic carbocycles. The fourth-order valence-electron chi connectivity index (χ4n) is 1.62. The van der Waals surface area contributed by atoms with Crippen LogP contribution in [0, 0.1) is 6.92 Å². The van der Waals surface area contributed by atoms with Gasteiger partial charge in [-0.05, 0) is 25.5 Å². The first-order valence-electron chi connectivity index (χ1n) is 6.62. The Bertz CT molecular complexity index is 490. The summed E-state index contributed by atoms with van der Waals surface area (Å²) in [6.07, 6.45) is 0.682. The number of carboxylic acids is 1. The summed E-state index contributed by atoms with van der Waals surface area (Å²) < 4.78 is 10.1. The number of carbonyl (C=O) groups excluding carboxylic acids is 1. The number of nitrogens with one attached hydrogen (secondary N) is 1. The highest BCUT2D eigenvalue weighted by atomic mass is 16.5. The number of rotatable bonds is 9. The molecule has 21 heavy (non-hydrogen) atoms. The molecule has 1 aromatic heterocycles. The molecular formula is C14H20N2O5. The van der Waals surface area contributed by atoms with Crippen molar-refractivity contribution >= 4 is 11.9 Å². The number of amides is 1. The van der Waals surface area contributed by atoms with E-state index in [9.17, 15) is 9.59 Å². The third-order valence-electron chi connectivity index (χ3n) is 2.73. The van der Waals surface area contributed by atoms with Crippen LogP contribution < -0.4 is 5.32 Å². The average molecular weight is 296 g/mol. The molecule has 0 saturated heterocycles.